The Bertz CT molecular complexity index is 613. The molecule has 0 amide bonds. The molecule has 1 aliphatic carbocycles. The van der Waals surface area contributed by atoms with Crippen LogP contribution in [0.1, 0.15) is 66.7 Å². The first kappa shape index (κ1) is 18.5. The molecule has 0 N–H and O–H groups in total. The topological polar surface area (TPSA) is 44.8 Å². The molecule has 0 aromatic carbocycles. The molecule has 3 aliphatic heterocycles. The summed E-state index contributed by atoms with van der Waals surface area (Å²) in [5.74, 6) is 2.00. The summed E-state index contributed by atoms with van der Waals surface area (Å²) in [5, 5.41) is 0. The maximum atomic E-state index is 11.6. The second-order valence-electron chi connectivity index (χ2n) is 9.87. The number of rotatable bonds is 2. The van der Waals surface area contributed by atoms with Gasteiger partial charge in [0, 0.05) is 19.3 Å². The molecule has 3 heterocycles. The number of hydrogen-bond acceptors (Lipinski definition) is 4. The molecule has 26 heavy (non-hydrogen) atoms. The third kappa shape index (κ3) is 2.67. The second-order valence-corrected chi connectivity index (χ2v) is 9.87. The van der Waals surface area contributed by atoms with Crippen molar-refractivity contribution in [1.82, 2.24) is 0 Å². The predicted octanol–water partition coefficient (Wildman–Crippen LogP) is 4.27. The van der Waals surface area contributed by atoms with Gasteiger partial charge < -0.3 is 14.2 Å². The van der Waals surface area contributed by atoms with Gasteiger partial charge in [0.25, 0.3) is 0 Å². The molecule has 0 aromatic rings. The summed E-state index contributed by atoms with van der Waals surface area (Å²) in [5.41, 5.74) is 0.564. The Morgan fingerprint density at radius 1 is 1.27 bits per heavy atom. The van der Waals surface area contributed by atoms with E-state index in [2.05, 4.69) is 34.3 Å². The molecule has 4 rings (SSSR count). The van der Waals surface area contributed by atoms with Gasteiger partial charge in [-0.2, -0.15) is 0 Å². The Morgan fingerprint density at radius 2 is 2.00 bits per heavy atom. The van der Waals surface area contributed by atoms with E-state index >= 15 is 0 Å². The van der Waals surface area contributed by atoms with E-state index in [1.165, 1.54) is 18.9 Å². The summed E-state index contributed by atoms with van der Waals surface area (Å²) in [6.45, 7) is 15.0. The smallest absolute Gasteiger partial charge is 0.303 e. The van der Waals surface area contributed by atoms with Gasteiger partial charge in [-0.05, 0) is 57.3 Å². The molecule has 4 nitrogen and oxygen atoms in total. The third-order valence-electron chi connectivity index (χ3n) is 7.67. The van der Waals surface area contributed by atoms with Crippen LogP contribution in [0.5, 0.6) is 0 Å². The Morgan fingerprint density at radius 3 is 2.65 bits per heavy atom. The fraction of sp³-hybridized carbons (Fsp3) is 0.864. The van der Waals surface area contributed by atoms with Crippen LogP contribution in [0.25, 0.3) is 0 Å². The minimum Gasteiger partial charge on any atom is -0.459 e. The van der Waals surface area contributed by atoms with Gasteiger partial charge in [-0.25, -0.2) is 0 Å². The van der Waals surface area contributed by atoms with E-state index < -0.39 is 5.60 Å². The van der Waals surface area contributed by atoms with Crippen LogP contribution in [0.4, 0.5) is 0 Å². The number of carbonyl (C=O) groups excluding carboxylic acids is 1. The monoisotopic (exact) mass is 362 g/mol. The number of fused-ring (bicyclic) bond motifs is 8. The van der Waals surface area contributed by atoms with Crippen molar-refractivity contribution < 1.29 is 19.0 Å². The fourth-order valence-electron chi connectivity index (χ4n) is 6.57. The molecule has 146 valence electrons. The molecule has 3 saturated heterocycles. The van der Waals surface area contributed by atoms with Crippen LogP contribution in [-0.4, -0.2) is 35.5 Å². The van der Waals surface area contributed by atoms with Crippen LogP contribution in [0.15, 0.2) is 12.2 Å². The average Bonchev–Trinajstić information content (AvgIpc) is 2.86. The zero-order valence-corrected chi connectivity index (χ0v) is 16.9. The Hall–Kier alpha value is -0.870. The predicted molar refractivity (Wildman–Crippen MR) is 99.6 cm³/mol. The van der Waals surface area contributed by atoms with E-state index in [4.69, 9.17) is 14.2 Å². The molecule has 4 aliphatic rings. The lowest BCUT2D eigenvalue weighted by Crippen LogP contribution is -2.61. The molecule has 0 aromatic heterocycles. The van der Waals surface area contributed by atoms with Crippen molar-refractivity contribution in [3.05, 3.63) is 12.2 Å². The van der Waals surface area contributed by atoms with Crippen LogP contribution in [0.3, 0.4) is 0 Å². The first-order chi connectivity index (χ1) is 12.1. The van der Waals surface area contributed by atoms with Gasteiger partial charge in [0.1, 0.15) is 11.7 Å². The van der Waals surface area contributed by atoms with Crippen LogP contribution in [0, 0.1) is 23.7 Å². The van der Waals surface area contributed by atoms with Crippen LogP contribution < -0.4 is 0 Å². The molecule has 8 unspecified atom stereocenters. The lowest BCUT2D eigenvalue weighted by atomic mass is 9.59. The second kappa shape index (κ2) is 6.07. The van der Waals surface area contributed by atoms with Gasteiger partial charge in [0.15, 0.2) is 0 Å². The number of esters is 1. The van der Waals surface area contributed by atoms with E-state index in [1.54, 1.807) is 0 Å². The van der Waals surface area contributed by atoms with E-state index in [-0.39, 0.29) is 29.9 Å². The average molecular weight is 363 g/mol. The Kier molecular flexibility index (Phi) is 4.31. The van der Waals surface area contributed by atoms with Crippen molar-refractivity contribution in [2.24, 2.45) is 23.7 Å². The first-order valence-electron chi connectivity index (χ1n) is 10.3. The third-order valence-corrected chi connectivity index (χ3v) is 7.67. The summed E-state index contributed by atoms with van der Waals surface area (Å²) >= 11 is 0. The Labute approximate surface area is 157 Å². The summed E-state index contributed by atoms with van der Waals surface area (Å²) in [6.07, 6.45) is 4.88. The highest BCUT2D eigenvalue weighted by molar-refractivity contribution is 5.66. The fourth-order valence-corrected chi connectivity index (χ4v) is 6.57. The summed E-state index contributed by atoms with van der Waals surface area (Å²) in [7, 11) is 0. The molecule has 0 radical (unpaired) electrons. The molecule has 1 saturated carbocycles. The van der Waals surface area contributed by atoms with Crippen molar-refractivity contribution in [3.8, 4) is 0 Å². The minimum atomic E-state index is -0.478. The van der Waals surface area contributed by atoms with Crippen LogP contribution in [-0.2, 0) is 19.0 Å². The highest BCUT2D eigenvalue weighted by Gasteiger charge is 2.65. The molecule has 8 atom stereocenters. The molecule has 4 fully saturated rings. The van der Waals surface area contributed by atoms with E-state index in [9.17, 15) is 4.79 Å². The molecular formula is C22H34O4. The van der Waals surface area contributed by atoms with E-state index in [1.807, 2.05) is 0 Å². The lowest BCUT2D eigenvalue weighted by molar-refractivity contribution is -0.251. The van der Waals surface area contributed by atoms with Crippen molar-refractivity contribution in [2.75, 3.05) is 0 Å². The highest BCUT2D eigenvalue weighted by atomic mass is 16.6. The number of carbonyl (C=O) groups is 1. The van der Waals surface area contributed by atoms with Crippen molar-refractivity contribution in [1.29, 1.82) is 0 Å². The van der Waals surface area contributed by atoms with Gasteiger partial charge in [-0.15, -0.1) is 0 Å². The van der Waals surface area contributed by atoms with Gasteiger partial charge in [-0.3, -0.25) is 4.79 Å². The molecular weight excluding hydrogens is 328 g/mol. The number of ether oxygens (including phenoxy) is 3. The maximum absolute atomic E-state index is 11.6. The quantitative estimate of drug-likeness (QED) is 0.543. The summed E-state index contributed by atoms with van der Waals surface area (Å²) in [4.78, 5) is 11.6. The molecule has 0 spiro atoms. The van der Waals surface area contributed by atoms with E-state index in [0.29, 0.717) is 23.7 Å². The van der Waals surface area contributed by atoms with Gasteiger partial charge in [0.05, 0.1) is 17.8 Å². The summed E-state index contributed by atoms with van der Waals surface area (Å²) in [6, 6.07) is 0. The standard InChI is InChI=1S/C22H34O4/c1-12(2)15-8-7-13(3)18-16-11-22(6)17(24-14(4)23)9-10-21(5,26-22)20(25-16)19(15)18/h12,15-20H,3,7-11H2,1-2,4-6H3. The van der Waals surface area contributed by atoms with Gasteiger partial charge in [-0.1, -0.05) is 26.0 Å². The van der Waals surface area contributed by atoms with Gasteiger partial charge in [0.2, 0.25) is 0 Å². The van der Waals surface area contributed by atoms with E-state index in [0.717, 1.165) is 25.7 Å². The van der Waals surface area contributed by atoms with Gasteiger partial charge >= 0.3 is 5.97 Å². The number of hydrogen-bond donors (Lipinski definition) is 0. The SMILES string of the molecule is C=C1CCC(C(C)C)C2C1C1CC3(C)OC(C)(CCC3OC(C)=O)C2O1. The first-order valence-corrected chi connectivity index (χ1v) is 10.3. The summed E-state index contributed by atoms with van der Waals surface area (Å²) < 4.78 is 19.1. The molecule has 4 bridgehead atoms. The zero-order valence-electron chi connectivity index (χ0n) is 16.9. The minimum absolute atomic E-state index is 0.113. The normalized spacial score (nSPS) is 50.3. The zero-order chi connectivity index (χ0) is 18.9. The highest BCUT2D eigenvalue weighted by Crippen LogP contribution is 2.59. The van der Waals surface area contributed by atoms with Crippen LogP contribution >= 0.6 is 0 Å². The lowest BCUT2D eigenvalue weighted by Gasteiger charge is -2.53. The Balaban J connectivity index is 1.72. The maximum Gasteiger partial charge on any atom is 0.303 e. The van der Waals surface area contributed by atoms with Crippen molar-refractivity contribution in [2.45, 2.75) is 96.2 Å². The van der Waals surface area contributed by atoms with Crippen molar-refractivity contribution in [3.63, 3.8) is 0 Å². The largest absolute Gasteiger partial charge is 0.459 e. The van der Waals surface area contributed by atoms with Crippen molar-refractivity contribution >= 4 is 5.97 Å². The molecule has 4 heteroatoms. The van der Waals surface area contributed by atoms with Crippen LogP contribution in [0.2, 0.25) is 0 Å².